The van der Waals surface area contributed by atoms with Gasteiger partial charge in [0, 0.05) is 18.7 Å². The smallest absolute Gasteiger partial charge is 0.251 e. The Morgan fingerprint density at radius 1 is 1.22 bits per heavy atom. The van der Waals surface area contributed by atoms with Crippen molar-refractivity contribution < 1.29 is 9.90 Å². The van der Waals surface area contributed by atoms with Crippen LogP contribution >= 0.6 is 0 Å². The second-order valence-electron chi connectivity index (χ2n) is 4.07. The Balaban J connectivity index is 1.88. The summed E-state index contributed by atoms with van der Waals surface area (Å²) in [6.07, 6.45) is 2.57. The zero-order chi connectivity index (χ0) is 12.8. The van der Waals surface area contributed by atoms with E-state index in [2.05, 4.69) is 20.7 Å². The molecule has 0 aliphatic carbocycles. The standard InChI is InChI=1S/C12H16N4O2/c17-7-3-1-2-6-13-12(18)9-4-5-10-11(8-9)15-16-14-10/h4-5,8,17H,1-3,6-7H2,(H,13,18)(H,14,15,16). The molecule has 1 aromatic carbocycles. The summed E-state index contributed by atoms with van der Waals surface area (Å²) in [5, 5.41) is 21.8. The van der Waals surface area contributed by atoms with Crippen LogP contribution in [0.15, 0.2) is 18.2 Å². The van der Waals surface area contributed by atoms with Gasteiger partial charge < -0.3 is 10.4 Å². The highest BCUT2D eigenvalue weighted by atomic mass is 16.2. The van der Waals surface area contributed by atoms with E-state index >= 15 is 0 Å². The Hall–Kier alpha value is -1.95. The highest BCUT2D eigenvalue weighted by Crippen LogP contribution is 2.10. The van der Waals surface area contributed by atoms with Crippen LogP contribution in [0.1, 0.15) is 29.6 Å². The lowest BCUT2D eigenvalue weighted by molar-refractivity contribution is 0.0953. The molecule has 0 spiro atoms. The van der Waals surface area contributed by atoms with Gasteiger partial charge in [-0.2, -0.15) is 15.4 Å². The van der Waals surface area contributed by atoms with Crippen LogP contribution < -0.4 is 5.32 Å². The van der Waals surface area contributed by atoms with Gasteiger partial charge >= 0.3 is 0 Å². The monoisotopic (exact) mass is 248 g/mol. The van der Waals surface area contributed by atoms with Gasteiger partial charge in [0.2, 0.25) is 0 Å². The van der Waals surface area contributed by atoms with Gasteiger partial charge in [-0.1, -0.05) is 0 Å². The number of carbonyl (C=O) groups is 1. The van der Waals surface area contributed by atoms with E-state index < -0.39 is 0 Å². The van der Waals surface area contributed by atoms with E-state index in [0.29, 0.717) is 17.6 Å². The number of aromatic amines is 1. The maximum absolute atomic E-state index is 11.8. The molecule has 6 heteroatoms. The molecule has 0 saturated heterocycles. The number of fused-ring (bicyclic) bond motifs is 1. The molecule has 1 amide bonds. The minimum absolute atomic E-state index is 0.108. The molecule has 0 bridgehead atoms. The molecule has 0 atom stereocenters. The van der Waals surface area contributed by atoms with E-state index in [9.17, 15) is 4.79 Å². The number of rotatable bonds is 6. The number of hydrogen-bond acceptors (Lipinski definition) is 4. The average molecular weight is 248 g/mol. The van der Waals surface area contributed by atoms with E-state index in [1.807, 2.05) is 0 Å². The van der Waals surface area contributed by atoms with Crippen molar-refractivity contribution in [2.75, 3.05) is 13.2 Å². The first-order valence-corrected chi connectivity index (χ1v) is 6.01. The Bertz CT molecular complexity index is 524. The Morgan fingerprint density at radius 2 is 2.06 bits per heavy atom. The van der Waals surface area contributed by atoms with Crippen LogP contribution in [0.4, 0.5) is 0 Å². The average Bonchev–Trinajstić information content (AvgIpc) is 2.85. The third-order valence-corrected chi connectivity index (χ3v) is 2.70. The maximum Gasteiger partial charge on any atom is 0.251 e. The topological polar surface area (TPSA) is 90.9 Å². The van der Waals surface area contributed by atoms with E-state index in [0.717, 1.165) is 24.8 Å². The molecule has 96 valence electrons. The second kappa shape index (κ2) is 6.11. The van der Waals surface area contributed by atoms with Gasteiger partial charge in [-0.25, -0.2) is 0 Å². The Kier molecular flexibility index (Phi) is 4.25. The quantitative estimate of drug-likeness (QED) is 0.661. The van der Waals surface area contributed by atoms with Crippen LogP contribution in [-0.4, -0.2) is 39.6 Å². The zero-order valence-electron chi connectivity index (χ0n) is 10.0. The molecule has 0 unspecified atom stereocenters. The van der Waals surface area contributed by atoms with Crippen LogP contribution in [0.2, 0.25) is 0 Å². The van der Waals surface area contributed by atoms with Crippen molar-refractivity contribution in [3.8, 4) is 0 Å². The van der Waals surface area contributed by atoms with Crippen LogP contribution in [-0.2, 0) is 0 Å². The van der Waals surface area contributed by atoms with Crippen LogP contribution in [0, 0.1) is 0 Å². The Morgan fingerprint density at radius 3 is 2.89 bits per heavy atom. The summed E-state index contributed by atoms with van der Waals surface area (Å²) in [5.41, 5.74) is 2.01. The number of carbonyl (C=O) groups excluding carboxylic acids is 1. The zero-order valence-corrected chi connectivity index (χ0v) is 10.0. The summed E-state index contributed by atoms with van der Waals surface area (Å²) in [4.78, 5) is 11.8. The number of unbranched alkanes of at least 4 members (excludes halogenated alkanes) is 2. The molecular weight excluding hydrogens is 232 g/mol. The molecule has 0 saturated carbocycles. The number of amides is 1. The number of hydrogen-bond donors (Lipinski definition) is 3. The summed E-state index contributed by atoms with van der Waals surface area (Å²) in [5.74, 6) is -0.108. The number of nitrogens with zero attached hydrogens (tertiary/aromatic N) is 2. The minimum atomic E-state index is -0.108. The first kappa shape index (κ1) is 12.5. The molecule has 18 heavy (non-hydrogen) atoms. The molecule has 0 aliphatic heterocycles. The van der Waals surface area contributed by atoms with Crippen molar-refractivity contribution in [3.05, 3.63) is 23.8 Å². The van der Waals surface area contributed by atoms with Crippen molar-refractivity contribution in [3.63, 3.8) is 0 Å². The van der Waals surface area contributed by atoms with Crippen LogP contribution in [0.3, 0.4) is 0 Å². The summed E-state index contributed by atoms with van der Waals surface area (Å²) >= 11 is 0. The highest BCUT2D eigenvalue weighted by molar-refractivity contribution is 5.97. The van der Waals surface area contributed by atoms with Crippen molar-refractivity contribution in [1.29, 1.82) is 0 Å². The van der Waals surface area contributed by atoms with Gasteiger partial charge in [0.25, 0.3) is 5.91 Å². The molecule has 0 fully saturated rings. The largest absolute Gasteiger partial charge is 0.396 e. The molecule has 1 aromatic heterocycles. The van der Waals surface area contributed by atoms with Crippen molar-refractivity contribution in [2.24, 2.45) is 0 Å². The van der Waals surface area contributed by atoms with Crippen LogP contribution in [0.25, 0.3) is 11.0 Å². The molecule has 0 aliphatic rings. The summed E-state index contributed by atoms with van der Waals surface area (Å²) < 4.78 is 0. The molecule has 1 heterocycles. The summed E-state index contributed by atoms with van der Waals surface area (Å²) in [6.45, 7) is 0.826. The molecule has 0 radical (unpaired) electrons. The van der Waals surface area contributed by atoms with E-state index in [1.165, 1.54) is 0 Å². The highest BCUT2D eigenvalue weighted by Gasteiger charge is 2.07. The summed E-state index contributed by atoms with van der Waals surface area (Å²) in [6, 6.07) is 5.20. The minimum Gasteiger partial charge on any atom is -0.396 e. The number of H-pyrrole nitrogens is 1. The molecular formula is C12H16N4O2. The van der Waals surface area contributed by atoms with Crippen molar-refractivity contribution in [1.82, 2.24) is 20.7 Å². The van der Waals surface area contributed by atoms with Gasteiger partial charge in [-0.05, 0) is 37.5 Å². The van der Waals surface area contributed by atoms with Gasteiger partial charge in [-0.15, -0.1) is 0 Å². The maximum atomic E-state index is 11.8. The third-order valence-electron chi connectivity index (χ3n) is 2.70. The fraction of sp³-hybridized carbons (Fsp3) is 0.417. The predicted molar refractivity (Wildman–Crippen MR) is 67.2 cm³/mol. The van der Waals surface area contributed by atoms with Gasteiger partial charge in [0.15, 0.2) is 0 Å². The normalized spacial score (nSPS) is 10.7. The lowest BCUT2D eigenvalue weighted by Gasteiger charge is -2.04. The number of aliphatic hydroxyl groups is 1. The molecule has 2 rings (SSSR count). The number of benzene rings is 1. The first-order chi connectivity index (χ1) is 8.81. The number of aliphatic hydroxyl groups excluding tert-OH is 1. The third kappa shape index (κ3) is 3.04. The van der Waals surface area contributed by atoms with E-state index in [-0.39, 0.29) is 12.5 Å². The lowest BCUT2D eigenvalue weighted by Crippen LogP contribution is -2.24. The first-order valence-electron chi connectivity index (χ1n) is 6.01. The van der Waals surface area contributed by atoms with E-state index in [1.54, 1.807) is 18.2 Å². The van der Waals surface area contributed by atoms with Gasteiger partial charge in [0.05, 0.1) is 0 Å². The lowest BCUT2D eigenvalue weighted by atomic mass is 10.2. The van der Waals surface area contributed by atoms with Crippen molar-refractivity contribution >= 4 is 16.9 Å². The number of aromatic nitrogens is 3. The second-order valence-corrected chi connectivity index (χ2v) is 4.07. The molecule has 6 nitrogen and oxygen atoms in total. The fourth-order valence-electron chi connectivity index (χ4n) is 1.70. The summed E-state index contributed by atoms with van der Waals surface area (Å²) in [7, 11) is 0. The number of nitrogens with one attached hydrogen (secondary N) is 2. The van der Waals surface area contributed by atoms with Crippen LogP contribution in [0.5, 0.6) is 0 Å². The Labute approximate surface area is 104 Å². The SMILES string of the molecule is O=C(NCCCCCO)c1ccc2n[nH]nc2c1. The van der Waals surface area contributed by atoms with E-state index in [4.69, 9.17) is 5.11 Å². The molecule has 3 N–H and O–H groups in total. The van der Waals surface area contributed by atoms with Gasteiger partial charge in [0.1, 0.15) is 11.0 Å². The molecule has 2 aromatic rings. The predicted octanol–water partition coefficient (Wildman–Crippen LogP) is 0.850. The van der Waals surface area contributed by atoms with Crippen molar-refractivity contribution in [2.45, 2.75) is 19.3 Å². The van der Waals surface area contributed by atoms with Gasteiger partial charge in [-0.3, -0.25) is 4.79 Å². The fourth-order valence-corrected chi connectivity index (χ4v) is 1.70.